The molecule has 3 heterocycles. The summed E-state index contributed by atoms with van der Waals surface area (Å²) in [7, 11) is 0. The standard InChI is InChI=1S/C18H17F3N4O/c1-3-17(10-5-4-6-11(7-10)18(19,20)21)12-8-22-25-15(12)24-14-9(2)23-16(26)13(14)17/h4-7,9,24H,3,8H2,1-2H3,(H,23,26)/t9-,17-/m0/s1. The summed E-state index contributed by atoms with van der Waals surface area (Å²) in [5.74, 6) is 0.268. The van der Waals surface area contributed by atoms with Crippen molar-refractivity contribution in [2.24, 2.45) is 10.2 Å². The highest BCUT2D eigenvalue weighted by Crippen LogP contribution is 2.51. The van der Waals surface area contributed by atoms with Crippen molar-refractivity contribution < 1.29 is 18.0 Å². The van der Waals surface area contributed by atoms with Gasteiger partial charge in [-0.05, 0) is 25.0 Å². The van der Waals surface area contributed by atoms with Crippen molar-refractivity contribution in [3.63, 3.8) is 0 Å². The largest absolute Gasteiger partial charge is 0.416 e. The molecule has 4 rings (SSSR count). The highest BCUT2D eigenvalue weighted by atomic mass is 19.4. The van der Waals surface area contributed by atoms with Gasteiger partial charge < -0.3 is 10.6 Å². The first-order chi connectivity index (χ1) is 12.3. The number of amides is 1. The van der Waals surface area contributed by atoms with Gasteiger partial charge in [0, 0.05) is 11.3 Å². The Kier molecular flexibility index (Phi) is 3.51. The number of carbonyl (C=O) groups is 1. The van der Waals surface area contributed by atoms with E-state index >= 15 is 0 Å². The number of azo groups is 1. The fraction of sp³-hybridized carbons (Fsp3) is 0.389. The van der Waals surface area contributed by atoms with Gasteiger partial charge in [-0.15, -0.1) is 5.11 Å². The number of dihydropyridines is 1. The fourth-order valence-electron chi connectivity index (χ4n) is 4.18. The third-order valence-electron chi connectivity index (χ3n) is 5.37. The summed E-state index contributed by atoms with van der Waals surface area (Å²) in [5.41, 5.74) is 0.598. The summed E-state index contributed by atoms with van der Waals surface area (Å²) in [6.07, 6.45) is -4.03. The van der Waals surface area contributed by atoms with Gasteiger partial charge in [-0.2, -0.15) is 18.3 Å². The van der Waals surface area contributed by atoms with E-state index in [2.05, 4.69) is 20.9 Å². The van der Waals surface area contributed by atoms with Gasteiger partial charge in [-0.3, -0.25) is 4.79 Å². The van der Waals surface area contributed by atoms with E-state index in [9.17, 15) is 18.0 Å². The van der Waals surface area contributed by atoms with Crippen molar-refractivity contribution in [2.45, 2.75) is 37.9 Å². The third-order valence-corrected chi connectivity index (χ3v) is 5.37. The van der Waals surface area contributed by atoms with Crippen LogP contribution in [0.4, 0.5) is 13.2 Å². The first-order valence-corrected chi connectivity index (χ1v) is 8.40. The van der Waals surface area contributed by atoms with Crippen LogP contribution < -0.4 is 10.6 Å². The Bertz CT molecular complexity index is 900. The minimum atomic E-state index is -4.46. The number of nitrogens with one attached hydrogen (secondary N) is 2. The van der Waals surface area contributed by atoms with E-state index in [1.165, 1.54) is 6.07 Å². The van der Waals surface area contributed by atoms with E-state index in [4.69, 9.17) is 0 Å². The van der Waals surface area contributed by atoms with Crippen molar-refractivity contribution in [3.05, 3.63) is 58.1 Å². The molecule has 2 atom stereocenters. The van der Waals surface area contributed by atoms with Gasteiger partial charge in [-0.25, -0.2) is 0 Å². The van der Waals surface area contributed by atoms with Crippen LogP contribution in [0.1, 0.15) is 31.4 Å². The smallest absolute Gasteiger partial charge is 0.344 e. The summed E-state index contributed by atoms with van der Waals surface area (Å²) in [6.45, 7) is 3.96. The number of halogens is 3. The average molecular weight is 362 g/mol. The van der Waals surface area contributed by atoms with Crippen molar-refractivity contribution >= 4 is 5.91 Å². The normalized spacial score (nSPS) is 27.4. The molecule has 1 aromatic carbocycles. The number of alkyl halides is 3. The molecule has 8 heteroatoms. The lowest BCUT2D eigenvalue weighted by atomic mass is 9.64. The lowest BCUT2D eigenvalue weighted by molar-refractivity contribution is -0.137. The molecule has 1 aromatic rings. The molecule has 0 saturated carbocycles. The molecule has 3 aliphatic rings. The minimum Gasteiger partial charge on any atom is -0.344 e. The predicted molar refractivity (Wildman–Crippen MR) is 87.9 cm³/mol. The zero-order valence-electron chi connectivity index (χ0n) is 14.2. The molecule has 0 saturated heterocycles. The summed E-state index contributed by atoms with van der Waals surface area (Å²) in [5, 5.41) is 14.2. The van der Waals surface area contributed by atoms with Crippen LogP contribution >= 0.6 is 0 Å². The highest BCUT2D eigenvalue weighted by molar-refractivity contribution is 6.01. The van der Waals surface area contributed by atoms with Crippen LogP contribution in [0.5, 0.6) is 0 Å². The topological polar surface area (TPSA) is 65.8 Å². The Morgan fingerprint density at radius 3 is 2.81 bits per heavy atom. The zero-order valence-corrected chi connectivity index (χ0v) is 14.2. The number of nitrogens with zero attached hydrogens (tertiary/aromatic N) is 2. The maximum Gasteiger partial charge on any atom is 0.416 e. The van der Waals surface area contributed by atoms with Crippen LogP contribution in [-0.2, 0) is 16.4 Å². The van der Waals surface area contributed by atoms with E-state index < -0.39 is 17.2 Å². The van der Waals surface area contributed by atoms with Crippen molar-refractivity contribution in [1.29, 1.82) is 0 Å². The first-order valence-electron chi connectivity index (χ1n) is 8.40. The van der Waals surface area contributed by atoms with Crippen LogP contribution in [0.15, 0.2) is 57.2 Å². The van der Waals surface area contributed by atoms with Crippen LogP contribution in [0.2, 0.25) is 0 Å². The molecular weight excluding hydrogens is 345 g/mol. The Labute approximate surface area is 148 Å². The van der Waals surface area contributed by atoms with Gasteiger partial charge in [0.2, 0.25) is 0 Å². The number of benzene rings is 1. The van der Waals surface area contributed by atoms with Gasteiger partial charge >= 0.3 is 6.18 Å². The lowest BCUT2D eigenvalue weighted by Crippen LogP contribution is -2.41. The second-order valence-electron chi connectivity index (χ2n) is 6.67. The van der Waals surface area contributed by atoms with Gasteiger partial charge in [0.15, 0.2) is 5.82 Å². The third kappa shape index (κ3) is 2.14. The molecule has 2 N–H and O–H groups in total. The number of hydrogen-bond donors (Lipinski definition) is 2. The Balaban J connectivity index is 1.99. The van der Waals surface area contributed by atoms with Crippen molar-refractivity contribution in [2.75, 3.05) is 6.54 Å². The second kappa shape index (κ2) is 5.43. The highest BCUT2D eigenvalue weighted by Gasteiger charge is 2.52. The summed E-state index contributed by atoms with van der Waals surface area (Å²) in [6, 6.07) is 4.95. The molecule has 0 spiro atoms. The summed E-state index contributed by atoms with van der Waals surface area (Å²) in [4.78, 5) is 12.7. The molecular formula is C18H17F3N4O. The predicted octanol–water partition coefficient (Wildman–Crippen LogP) is 3.41. The van der Waals surface area contributed by atoms with Gasteiger partial charge in [-0.1, -0.05) is 25.1 Å². The Morgan fingerprint density at radius 2 is 2.12 bits per heavy atom. The average Bonchev–Trinajstić information content (AvgIpc) is 3.18. The van der Waals surface area contributed by atoms with Crippen LogP contribution in [0.3, 0.4) is 0 Å². The van der Waals surface area contributed by atoms with E-state index in [0.29, 0.717) is 29.1 Å². The lowest BCUT2D eigenvalue weighted by Gasteiger charge is -2.39. The quantitative estimate of drug-likeness (QED) is 0.847. The summed E-state index contributed by atoms with van der Waals surface area (Å²) < 4.78 is 39.9. The molecule has 26 heavy (non-hydrogen) atoms. The van der Waals surface area contributed by atoms with Gasteiger partial charge in [0.25, 0.3) is 5.91 Å². The number of hydrogen-bond acceptors (Lipinski definition) is 4. The second-order valence-corrected chi connectivity index (χ2v) is 6.67. The maximum atomic E-state index is 13.3. The molecule has 0 aromatic heterocycles. The molecule has 0 bridgehead atoms. The molecule has 1 amide bonds. The zero-order chi connectivity index (χ0) is 18.7. The van der Waals surface area contributed by atoms with Crippen LogP contribution in [0, 0.1) is 0 Å². The maximum absolute atomic E-state index is 13.3. The molecule has 0 fully saturated rings. The van der Waals surface area contributed by atoms with Crippen LogP contribution in [-0.4, -0.2) is 18.5 Å². The van der Waals surface area contributed by atoms with E-state index in [1.54, 1.807) is 6.07 Å². The van der Waals surface area contributed by atoms with Crippen LogP contribution in [0.25, 0.3) is 0 Å². The van der Waals surface area contributed by atoms with E-state index in [1.807, 2.05) is 13.8 Å². The number of rotatable bonds is 2. The molecule has 136 valence electrons. The van der Waals surface area contributed by atoms with Gasteiger partial charge in [0.05, 0.1) is 29.1 Å². The molecule has 3 aliphatic heterocycles. The number of carbonyl (C=O) groups excluding carboxylic acids is 1. The van der Waals surface area contributed by atoms with E-state index in [0.717, 1.165) is 17.7 Å². The molecule has 0 radical (unpaired) electrons. The monoisotopic (exact) mass is 362 g/mol. The van der Waals surface area contributed by atoms with E-state index in [-0.39, 0.29) is 18.5 Å². The minimum absolute atomic E-state index is 0.255. The molecule has 0 unspecified atom stereocenters. The SMILES string of the molecule is CC[C@]1(c2cccc(C(F)(F)F)c2)C2=C(N=NC2)NC2=C1C(=O)N[C@H]2C. The fourth-order valence-corrected chi connectivity index (χ4v) is 4.18. The Hall–Kier alpha value is -2.64. The van der Waals surface area contributed by atoms with Gasteiger partial charge in [0.1, 0.15) is 0 Å². The summed E-state index contributed by atoms with van der Waals surface area (Å²) >= 11 is 0. The molecule has 5 nitrogen and oxygen atoms in total. The Morgan fingerprint density at radius 1 is 1.35 bits per heavy atom. The first kappa shape index (κ1) is 16.8. The van der Waals surface area contributed by atoms with Crippen molar-refractivity contribution in [3.8, 4) is 0 Å². The van der Waals surface area contributed by atoms with Crippen molar-refractivity contribution in [1.82, 2.24) is 10.6 Å². The molecule has 0 aliphatic carbocycles.